The third kappa shape index (κ3) is 7.44. The molecule has 9 heteroatoms. The maximum Gasteiger partial charge on any atom is 0.435 e. The molecular weight excluding hydrogens is 496 g/mol. The molecule has 1 aromatic heterocycles. The molecule has 2 N–H and O–H groups in total. The SMILES string of the molecule is CCOC(=O)N=C(c1ccccc1)N(CCC1CCCCC1)C(=O)N[C@@H](CC)C(O)c1nc2ccccc2o1. The first-order valence-corrected chi connectivity index (χ1v) is 13.9. The standard InChI is InChI=1S/C30H38N4O5/c1-3-23(26(35)28-31-24-17-11-12-18-25(24)39-28)32-29(36)34(20-19-21-13-7-5-8-14-21)27(33-30(37)38-4-2)22-15-9-6-10-16-22/h6,9-12,15-18,21,23,26,35H,3-5,7-8,13-14,19-20H2,1-2H3,(H,32,36)/t23-,26?/m0/s1. The van der Waals surface area contributed by atoms with Crippen LogP contribution in [-0.2, 0) is 4.74 Å². The minimum absolute atomic E-state index is 0.139. The van der Waals surface area contributed by atoms with Crippen LogP contribution in [0.3, 0.4) is 0 Å². The number of para-hydroxylation sites is 2. The molecule has 4 rings (SSSR count). The van der Waals surface area contributed by atoms with Crippen molar-refractivity contribution < 1.29 is 23.8 Å². The fraction of sp³-hybridized carbons (Fsp3) is 0.467. The number of hydrogen-bond donors (Lipinski definition) is 2. The molecule has 1 saturated carbocycles. The maximum atomic E-state index is 13.9. The van der Waals surface area contributed by atoms with Crippen LogP contribution < -0.4 is 5.32 Å². The smallest absolute Gasteiger partial charge is 0.435 e. The lowest BCUT2D eigenvalue weighted by molar-refractivity contribution is 0.0998. The number of oxazole rings is 1. The number of benzene rings is 2. The number of ether oxygens (including phenoxy) is 1. The van der Waals surface area contributed by atoms with Gasteiger partial charge in [0.2, 0.25) is 5.89 Å². The minimum Gasteiger partial charge on any atom is -0.448 e. The minimum atomic E-state index is -1.16. The zero-order valence-electron chi connectivity index (χ0n) is 22.7. The second kappa shape index (κ2) is 13.9. The first-order chi connectivity index (χ1) is 19.0. The Labute approximate surface area is 229 Å². The predicted octanol–water partition coefficient (Wildman–Crippen LogP) is 6.23. The highest BCUT2D eigenvalue weighted by molar-refractivity contribution is 6.10. The van der Waals surface area contributed by atoms with Crippen molar-refractivity contribution in [2.45, 2.75) is 70.9 Å². The summed E-state index contributed by atoms with van der Waals surface area (Å²) in [5.74, 6) is 0.857. The second-order valence-corrected chi connectivity index (χ2v) is 9.87. The lowest BCUT2D eigenvalue weighted by atomic mass is 9.87. The molecule has 3 amide bonds. The Kier molecular flexibility index (Phi) is 10.1. The summed E-state index contributed by atoms with van der Waals surface area (Å²) in [6, 6.07) is 15.3. The van der Waals surface area contributed by atoms with Crippen LogP contribution in [0.1, 0.15) is 76.4 Å². The number of fused-ring (bicyclic) bond motifs is 1. The summed E-state index contributed by atoms with van der Waals surface area (Å²) < 4.78 is 10.9. The Morgan fingerprint density at radius 3 is 2.51 bits per heavy atom. The van der Waals surface area contributed by atoms with Gasteiger partial charge in [-0.05, 0) is 37.8 Å². The van der Waals surface area contributed by atoms with Crippen LogP contribution in [-0.4, -0.2) is 52.1 Å². The predicted molar refractivity (Wildman–Crippen MR) is 149 cm³/mol. The largest absolute Gasteiger partial charge is 0.448 e. The molecule has 0 radical (unpaired) electrons. The highest BCUT2D eigenvalue weighted by atomic mass is 16.5. The van der Waals surface area contributed by atoms with Gasteiger partial charge in [-0.25, -0.2) is 14.6 Å². The molecule has 0 aliphatic heterocycles. The number of aromatic nitrogens is 1. The van der Waals surface area contributed by atoms with Crippen LogP contribution in [0.15, 0.2) is 64.0 Å². The van der Waals surface area contributed by atoms with Gasteiger partial charge in [-0.2, -0.15) is 4.99 Å². The van der Waals surface area contributed by atoms with E-state index in [1.165, 1.54) is 24.2 Å². The molecular formula is C30H38N4O5. The lowest BCUT2D eigenvalue weighted by Gasteiger charge is -2.30. The van der Waals surface area contributed by atoms with Gasteiger partial charge in [0.15, 0.2) is 17.5 Å². The average Bonchev–Trinajstić information content (AvgIpc) is 3.41. The first kappa shape index (κ1) is 28.3. The topological polar surface area (TPSA) is 117 Å². The van der Waals surface area contributed by atoms with E-state index < -0.39 is 24.3 Å². The van der Waals surface area contributed by atoms with Crippen LogP contribution in [0.5, 0.6) is 0 Å². The van der Waals surface area contributed by atoms with Crippen molar-refractivity contribution in [2.24, 2.45) is 10.9 Å². The third-order valence-corrected chi connectivity index (χ3v) is 7.18. The zero-order chi connectivity index (χ0) is 27.6. The quantitative estimate of drug-likeness (QED) is 0.248. The zero-order valence-corrected chi connectivity index (χ0v) is 22.7. The molecule has 2 atom stereocenters. The van der Waals surface area contributed by atoms with E-state index in [0.717, 1.165) is 19.3 Å². The van der Waals surface area contributed by atoms with Gasteiger partial charge in [-0.1, -0.05) is 81.5 Å². The molecule has 1 aliphatic rings. The van der Waals surface area contributed by atoms with E-state index in [1.54, 1.807) is 19.1 Å². The second-order valence-electron chi connectivity index (χ2n) is 9.87. The highest BCUT2D eigenvalue weighted by Gasteiger charge is 2.30. The van der Waals surface area contributed by atoms with E-state index in [4.69, 9.17) is 9.15 Å². The van der Waals surface area contributed by atoms with E-state index >= 15 is 0 Å². The van der Waals surface area contributed by atoms with E-state index in [-0.39, 0.29) is 18.3 Å². The normalized spacial score (nSPS) is 16.0. The number of amidine groups is 1. The summed E-state index contributed by atoms with van der Waals surface area (Å²) in [5, 5.41) is 14.1. The number of nitrogens with one attached hydrogen (secondary N) is 1. The summed E-state index contributed by atoms with van der Waals surface area (Å²) >= 11 is 0. The average molecular weight is 535 g/mol. The summed E-state index contributed by atoms with van der Waals surface area (Å²) in [6.07, 6.45) is 5.16. The van der Waals surface area contributed by atoms with Gasteiger partial charge in [-0.3, -0.25) is 4.90 Å². The van der Waals surface area contributed by atoms with Gasteiger partial charge in [0.25, 0.3) is 0 Å². The van der Waals surface area contributed by atoms with Crippen molar-refractivity contribution >= 4 is 29.1 Å². The molecule has 1 heterocycles. The molecule has 208 valence electrons. The van der Waals surface area contributed by atoms with Gasteiger partial charge in [-0.15, -0.1) is 0 Å². The molecule has 0 saturated heterocycles. The molecule has 2 aromatic carbocycles. The number of carbonyl (C=O) groups is 2. The van der Waals surface area contributed by atoms with Gasteiger partial charge in [0, 0.05) is 12.1 Å². The fourth-order valence-corrected chi connectivity index (χ4v) is 5.03. The Morgan fingerprint density at radius 2 is 1.82 bits per heavy atom. The molecule has 3 aromatic rings. The van der Waals surface area contributed by atoms with Crippen LogP contribution in [0.25, 0.3) is 11.1 Å². The van der Waals surface area contributed by atoms with Crippen molar-refractivity contribution in [3.05, 3.63) is 66.1 Å². The maximum absolute atomic E-state index is 13.9. The van der Waals surface area contributed by atoms with E-state index in [1.807, 2.05) is 49.4 Å². The van der Waals surface area contributed by atoms with Crippen molar-refractivity contribution in [3.8, 4) is 0 Å². The Balaban J connectivity index is 1.61. The van der Waals surface area contributed by atoms with E-state index in [9.17, 15) is 14.7 Å². The number of nitrogens with zero attached hydrogens (tertiary/aromatic N) is 3. The molecule has 1 fully saturated rings. The molecule has 0 bridgehead atoms. The first-order valence-electron chi connectivity index (χ1n) is 13.9. The van der Waals surface area contributed by atoms with Crippen molar-refractivity contribution in [1.82, 2.24) is 15.2 Å². The van der Waals surface area contributed by atoms with Crippen LogP contribution in [0, 0.1) is 5.92 Å². The van der Waals surface area contributed by atoms with Gasteiger partial charge in [0.05, 0.1) is 12.6 Å². The van der Waals surface area contributed by atoms with Crippen molar-refractivity contribution in [2.75, 3.05) is 13.2 Å². The number of aliphatic imine (C=N–C) groups is 1. The van der Waals surface area contributed by atoms with E-state index in [2.05, 4.69) is 15.3 Å². The van der Waals surface area contributed by atoms with Crippen molar-refractivity contribution in [3.63, 3.8) is 0 Å². The Bertz CT molecular complexity index is 1220. The third-order valence-electron chi connectivity index (χ3n) is 7.18. The van der Waals surface area contributed by atoms with Crippen LogP contribution in [0.4, 0.5) is 9.59 Å². The molecule has 1 unspecified atom stereocenters. The number of aliphatic hydroxyl groups excluding tert-OH is 1. The molecule has 39 heavy (non-hydrogen) atoms. The number of hydrogen-bond acceptors (Lipinski definition) is 6. The molecule has 0 spiro atoms. The Hall–Kier alpha value is -3.72. The van der Waals surface area contributed by atoms with Crippen LogP contribution >= 0.6 is 0 Å². The summed E-state index contributed by atoms with van der Waals surface area (Å²) in [6.45, 7) is 4.13. The lowest BCUT2D eigenvalue weighted by Crippen LogP contribution is -2.50. The highest BCUT2D eigenvalue weighted by Crippen LogP contribution is 2.27. The number of urea groups is 1. The van der Waals surface area contributed by atoms with Gasteiger partial charge < -0.3 is 19.6 Å². The summed E-state index contributed by atoms with van der Waals surface area (Å²) in [5.41, 5.74) is 1.82. The number of amides is 3. The fourth-order valence-electron chi connectivity index (χ4n) is 5.03. The van der Waals surface area contributed by atoms with E-state index in [0.29, 0.717) is 35.5 Å². The van der Waals surface area contributed by atoms with Crippen LogP contribution in [0.2, 0.25) is 0 Å². The summed E-state index contributed by atoms with van der Waals surface area (Å²) in [7, 11) is 0. The number of carbonyl (C=O) groups excluding carboxylic acids is 2. The van der Waals surface area contributed by atoms with Gasteiger partial charge in [0.1, 0.15) is 5.52 Å². The Morgan fingerprint density at radius 1 is 1.10 bits per heavy atom. The molecule has 9 nitrogen and oxygen atoms in total. The monoisotopic (exact) mass is 534 g/mol. The summed E-state index contributed by atoms with van der Waals surface area (Å²) in [4.78, 5) is 36.5. The number of rotatable bonds is 9. The van der Waals surface area contributed by atoms with Gasteiger partial charge >= 0.3 is 12.1 Å². The van der Waals surface area contributed by atoms with Crippen molar-refractivity contribution in [1.29, 1.82) is 0 Å². The molecule has 1 aliphatic carbocycles. The number of aliphatic hydroxyl groups is 1.